The number of β-amino-alcohol motifs (C(OH)–C–C–N with tert-alkyl or cyclic N) is 1. The van der Waals surface area contributed by atoms with E-state index < -0.39 is 17.7 Å². The highest BCUT2D eigenvalue weighted by atomic mass is 19.2. The summed E-state index contributed by atoms with van der Waals surface area (Å²) in [5, 5.41) is 16.5. The van der Waals surface area contributed by atoms with Crippen molar-refractivity contribution in [3.8, 4) is 5.75 Å². The van der Waals surface area contributed by atoms with Gasteiger partial charge in [-0.25, -0.2) is 14.4 Å². The van der Waals surface area contributed by atoms with E-state index >= 15 is 0 Å². The highest BCUT2D eigenvalue weighted by molar-refractivity contribution is 5.94. The number of rotatable bonds is 10. The number of aliphatic hydroxyl groups is 1. The van der Waals surface area contributed by atoms with E-state index in [9.17, 15) is 18.7 Å². The highest BCUT2D eigenvalue weighted by Crippen LogP contribution is 2.31. The Bertz CT molecular complexity index is 1240. The molecule has 11 heteroatoms. The minimum Gasteiger partial charge on any atom is -0.482 e. The van der Waals surface area contributed by atoms with Gasteiger partial charge in [0.2, 0.25) is 5.82 Å². The fraction of sp³-hybridized carbons (Fsp3) is 0.423. The van der Waals surface area contributed by atoms with Crippen molar-refractivity contribution in [2.24, 2.45) is 0 Å². The monoisotopic (exact) mass is 513 g/mol. The number of nitrogens with zero attached hydrogens (tertiary/aromatic N) is 3. The van der Waals surface area contributed by atoms with Crippen LogP contribution in [0.1, 0.15) is 46.5 Å². The normalized spacial score (nSPS) is 16.5. The Morgan fingerprint density at radius 3 is 2.92 bits per heavy atom. The van der Waals surface area contributed by atoms with Crippen LogP contribution in [0.5, 0.6) is 5.75 Å². The molecule has 3 heterocycles. The number of hydrogen-bond acceptors (Lipinski definition) is 8. The first-order chi connectivity index (χ1) is 18.0. The van der Waals surface area contributed by atoms with Crippen molar-refractivity contribution in [2.45, 2.75) is 51.0 Å². The number of nitrogens with one attached hydrogen (secondary N) is 2. The molecular formula is C26H29F2N5O4. The van der Waals surface area contributed by atoms with Gasteiger partial charge >= 0.3 is 0 Å². The summed E-state index contributed by atoms with van der Waals surface area (Å²) in [6.07, 6.45) is 7.24. The lowest BCUT2D eigenvalue weighted by molar-refractivity contribution is 0.0838. The van der Waals surface area contributed by atoms with Gasteiger partial charge in [0.15, 0.2) is 23.7 Å². The van der Waals surface area contributed by atoms with Crippen LogP contribution >= 0.6 is 0 Å². The van der Waals surface area contributed by atoms with Crippen LogP contribution in [0.2, 0.25) is 0 Å². The van der Waals surface area contributed by atoms with Gasteiger partial charge in [0.25, 0.3) is 5.91 Å². The molecule has 2 aromatic heterocycles. The molecule has 37 heavy (non-hydrogen) atoms. The van der Waals surface area contributed by atoms with Gasteiger partial charge in [0, 0.05) is 49.5 Å². The number of benzene rings is 1. The van der Waals surface area contributed by atoms with Crippen molar-refractivity contribution in [1.29, 1.82) is 0 Å². The van der Waals surface area contributed by atoms with Crippen LogP contribution in [0.15, 0.2) is 41.4 Å². The molecule has 0 spiro atoms. The zero-order valence-corrected chi connectivity index (χ0v) is 20.3. The van der Waals surface area contributed by atoms with Gasteiger partial charge < -0.3 is 24.9 Å². The maximum atomic E-state index is 14.9. The van der Waals surface area contributed by atoms with Crippen molar-refractivity contribution < 1.29 is 27.8 Å². The zero-order chi connectivity index (χ0) is 25.8. The van der Waals surface area contributed by atoms with Crippen LogP contribution in [0.3, 0.4) is 0 Å². The van der Waals surface area contributed by atoms with Crippen LogP contribution in [0.25, 0.3) is 0 Å². The van der Waals surface area contributed by atoms with Crippen LogP contribution in [0.4, 0.5) is 14.6 Å². The summed E-state index contributed by atoms with van der Waals surface area (Å²) in [6, 6.07) is 5.23. The van der Waals surface area contributed by atoms with E-state index in [0.29, 0.717) is 41.7 Å². The fourth-order valence-electron chi connectivity index (χ4n) is 4.48. The average molecular weight is 514 g/mol. The molecule has 1 saturated carbocycles. The molecule has 0 radical (unpaired) electrons. The molecule has 0 bridgehead atoms. The molecule has 1 fully saturated rings. The van der Waals surface area contributed by atoms with Crippen molar-refractivity contribution in [1.82, 2.24) is 20.2 Å². The second-order valence-electron chi connectivity index (χ2n) is 9.45. The fourth-order valence-corrected chi connectivity index (χ4v) is 4.48. The predicted molar refractivity (Wildman–Crippen MR) is 130 cm³/mol. The average Bonchev–Trinajstić information content (AvgIpc) is 3.40. The summed E-state index contributed by atoms with van der Waals surface area (Å²) < 4.78 is 39.9. The summed E-state index contributed by atoms with van der Waals surface area (Å²) in [5.74, 6) is -1.44. The van der Waals surface area contributed by atoms with E-state index in [-0.39, 0.29) is 43.5 Å². The molecule has 5 rings (SSSR count). The number of ether oxygens (including phenoxy) is 1. The summed E-state index contributed by atoms with van der Waals surface area (Å²) in [4.78, 5) is 22.4. The van der Waals surface area contributed by atoms with Crippen LogP contribution in [0, 0.1) is 11.6 Å². The lowest BCUT2D eigenvalue weighted by Gasteiger charge is -2.31. The van der Waals surface area contributed by atoms with E-state index in [1.165, 1.54) is 25.1 Å². The van der Waals surface area contributed by atoms with Crippen molar-refractivity contribution in [3.63, 3.8) is 0 Å². The summed E-state index contributed by atoms with van der Waals surface area (Å²) in [7, 11) is 0. The second kappa shape index (κ2) is 11.2. The maximum absolute atomic E-state index is 14.9. The van der Waals surface area contributed by atoms with Gasteiger partial charge in [-0.1, -0.05) is 0 Å². The van der Waals surface area contributed by atoms with Crippen LogP contribution in [-0.4, -0.2) is 57.7 Å². The first-order valence-corrected chi connectivity index (χ1v) is 12.4. The minimum absolute atomic E-state index is 0.0289. The zero-order valence-electron chi connectivity index (χ0n) is 20.3. The molecule has 3 aromatic rings. The Labute approximate surface area is 212 Å². The Balaban J connectivity index is 1.13. The Morgan fingerprint density at radius 1 is 1.30 bits per heavy atom. The van der Waals surface area contributed by atoms with Gasteiger partial charge in [0.05, 0.1) is 12.3 Å². The number of aliphatic hydroxyl groups excluding tert-OH is 1. The summed E-state index contributed by atoms with van der Waals surface area (Å²) in [5.41, 5.74) is 1.36. The first kappa shape index (κ1) is 25.1. The number of carbonyl (C=O) groups is 1. The van der Waals surface area contributed by atoms with Crippen LogP contribution in [-0.2, 0) is 19.6 Å². The lowest BCUT2D eigenvalue weighted by atomic mass is 9.93. The van der Waals surface area contributed by atoms with Crippen LogP contribution < -0.4 is 15.4 Å². The van der Waals surface area contributed by atoms with E-state index in [4.69, 9.17) is 9.15 Å². The Morgan fingerprint density at radius 2 is 2.16 bits per heavy atom. The number of oxazole rings is 1. The number of aromatic nitrogens is 2. The molecule has 1 aromatic carbocycles. The second-order valence-corrected chi connectivity index (χ2v) is 9.45. The maximum Gasteiger partial charge on any atom is 0.251 e. The quantitative estimate of drug-likeness (QED) is 0.379. The molecule has 9 nitrogen and oxygen atoms in total. The van der Waals surface area contributed by atoms with Gasteiger partial charge in [-0.3, -0.25) is 9.69 Å². The predicted octanol–water partition coefficient (Wildman–Crippen LogP) is 3.04. The topological polar surface area (TPSA) is 113 Å². The molecule has 1 amide bonds. The van der Waals surface area contributed by atoms with E-state index in [1.54, 1.807) is 18.3 Å². The summed E-state index contributed by atoms with van der Waals surface area (Å²) in [6.45, 7) is 0.866. The third kappa shape index (κ3) is 6.05. The van der Waals surface area contributed by atoms with Crippen molar-refractivity contribution >= 4 is 11.7 Å². The van der Waals surface area contributed by atoms with E-state index in [2.05, 4.69) is 20.6 Å². The number of pyridine rings is 1. The largest absolute Gasteiger partial charge is 0.482 e. The highest BCUT2D eigenvalue weighted by Gasteiger charge is 2.26. The van der Waals surface area contributed by atoms with Gasteiger partial charge in [-0.2, -0.15) is 4.39 Å². The number of halogens is 2. The molecular weight excluding hydrogens is 484 g/mol. The third-order valence-electron chi connectivity index (χ3n) is 6.75. The number of carbonyl (C=O) groups excluding carboxylic acids is 1. The molecule has 1 aliphatic heterocycles. The lowest BCUT2D eigenvalue weighted by Crippen LogP contribution is -2.42. The number of amides is 1. The Hall–Kier alpha value is -3.57. The van der Waals surface area contributed by atoms with Gasteiger partial charge in [-0.15, -0.1) is 0 Å². The standard InChI is InChI=1S/C26H29F2N5O4/c27-24-21-13-33(7-5-16(21)8-22(25(24)28)36-14-20-11-29-15-37-20)12-19(34)10-31-26(35)17-4-6-30-23(9-17)32-18-2-1-3-18/h4,6,8-9,11,15,18-19,34H,1-3,5,7,10,12-14H2,(H,30,32)(H,31,35)/t19-/m0/s1. The molecule has 0 saturated heterocycles. The molecule has 1 aliphatic carbocycles. The number of anilines is 1. The molecule has 196 valence electrons. The third-order valence-corrected chi connectivity index (χ3v) is 6.75. The smallest absolute Gasteiger partial charge is 0.251 e. The SMILES string of the molecule is O=C(NC[C@H](O)CN1CCc2cc(OCc3cnco3)c(F)c(F)c2C1)c1ccnc(NC2CCC2)c1. The Kier molecular flexibility index (Phi) is 7.61. The van der Waals surface area contributed by atoms with Crippen molar-refractivity contribution in [3.05, 3.63) is 71.1 Å². The summed E-state index contributed by atoms with van der Waals surface area (Å²) >= 11 is 0. The minimum atomic E-state index is -1.06. The number of hydrogen-bond donors (Lipinski definition) is 3. The molecule has 2 aliphatic rings. The molecule has 0 unspecified atom stereocenters. The van der Waals surface area contributed by atoms with Gasteiger partial charge in [-0.05, 0) is 49.4 Å². The van der Waals surface area contributed by atoms with E-state index in [1.807, 2.05) is 4.90 Å². The number of fused-ring (bicyclic) bond motifs is 1. The van der Waals surface area contributed by atoms with Gasteiger partial charge in [0.1, 0.15) is 12.4 Å². The molecule has 3 N–H and O–H groups in total. The van der Waals surface area contributed by atoms with E-state index in [0.717, 1.165) is 12.8 Å². The van der Waals surface area contributed by atoms with Crippen molar-refractivity contribution in [2.75, 3.05) is 25.0 Å². The molecule has 1 atom stereocenters. The first-order valence-electron chi connectivity index (χ1n) is 12.4.